The molecule has 4 N–H and O–H groups in total. The van der Waals surface area contributed by atoms with Gasteiger partial charge in [0.15, 0.2) is 17.1 Å². The molecule has 11 heteroatoms. The molecule has 0 saturated heterocycles. The van der Waals surface area contributed by atoms with Gasteiger partial charge in [-0.25, -0.2) is 4.79 Å². The summed E-state index contributed by atoms with van der Waals surface area (Å²) in [6, 6.07) is 7.62. The van der Waals surface area contributed by atoms with Gasteiger partial charge in [-0.3, -0.25) is 4.79 Å². The van der Waals surface area contributed by atoms with Gasteiger partial charge in [0.1, 0.15) is 0 Å². The van der Waals surface area contributed by atoms with E-state index in [1.165, 1.54) is 18.2 Å². The molecule has 1 aliphatic heterocycles. The maximum absolute atomic E-state index is 13.4. The Balaban J connectivity index is 1.73. The topological polar surface area (TPSA) is 116 Å². The fourth-order valence-corrected chi connectivity index (χ4v) is 7.35. The van der Waals surface area contributed by atoms with Gasteiger partial charge < -0.3 is 25.4 Å². The van der Waals surface area contributed by atoms with E-state index in [2.05, 4.69) is 5.32 Å². The number of hydrogen-bond donors (Lipinski definition) is 4. The van der Waals surface area contributed by atoms with E-state index >= 15 is 0 Å². The highest BCUT2D eigenvalue weighted by Gasteiger charge is 2.58. The number of hydrogen-bond acceptors (Lipinski definition) is 6. The molecule has 3 aromatic rings. The molecule has 0 aromatic heterocycles. The van der Waals surface area contributed by atoms with Gasteiger partial charge in [0.2, 0.25) is 0 Å². The van der Waals surface area contributed by atoms with Gasteiger partial charge >= 0.3 is 5.97 Å². The number of aromatic hydroxyl groups is 2. The highest BCUT2D eigenvalue weighted by molar-refractivity contribution is 6.39. The van der Waals surface area contributed by atoms with E-state index in [4.69, 9.17) is 56.2 Å². The highest BCUT2D eigenvalue weighted by Crippen LogP contribution is 2.62. The molecule has 1 amide bonds. The lowest BCUT2D eigenvalue weighted by Gasteiger charge is -2.45. The maximum Gasteiger partial charge on any atom is 0.340 e. The molecular weight excluding hydrogens is 612 g/mol. The van der Waals surface area contributed by atoms with Crippen LogP contribution in [-0.2, 0) is 15.8 Å². The molecule has 0 fully saturated rings. The van der Waals surface area contributed by atoms with Gasteiger partial charge in [-0.05, 0) is 54.3 Å². The molecule has 0 unspecified atom stereocenters. The van der Waals surface area contributed by atoms with Gasteiger partial charge in [0.05, 0.1) is 25.7 Å². The molecule has 41 heavy (non-hydrogen) atoms. The Morgan fingerprint density at radius 1 is 0.854 bits per heavy atom. The number of fused-ring (bicyclic) bond motifs is 6. The number of rotatable bonds is 7. The molecule has 5 rings (SSSR count). The van der Waals surface area contributed by atoms with Crippen LogP contribution in [0.3, 0.4) is 0 Å². The quantitative estimate of drug-likeness (QED) is 0.162. The smallest absolute Gasteiger partial charge is 0.340 e. The number of halogens is 4. The van der Waals surface area contributed by atoms with Gasteiger partial charge in [-0.15, -0.1) is 0 Å². The minimum absolute atomic E-state index is 0.0624. The SMILES string of the molecule is CC1(C)c2c(cc(Cl)c(O)c2Cl)C2(OC(=O)c3ccc(C(=O)NCCCCCCO)cc32)c2cc(Cl)c(O)c(Cl)c21. The van der Waals surface area contributed by atoms with Crippen molar-refractivity contribution in [3.63, 3.8) is 0 Å². The molecule has 2 aliphatic rings. The third-order valence-electron chi connectivity index (χ3n) is 7.89. The molecule has 0 bridgehead atoms. The van der Waals surface area contributed by atoms with Crippen molar-refractivity contribution >= 4 is 58.3 Å². The van der Waals surface area contributed by atoms with Crippen LogP contribution in [0.4, 0.5) is 0 Å². The Morgan fingerprint density at radius 2 is 1.41 bits per heavy atom. The Morgan fingerprint density at radius 3 is 1.98 bits per heavy atom. The number of benzene rings is 3. The summed E-state index contributed by atoms with van der Waals surface area (Å²) >= 11 is 26.3. The highest BCUT2D eigenvalue weighted by atomic mass is 35.5. The molecule has 0 atom stereocenters. The number of ether oxygens (including phenoxy) is 1. The number of phenolic OH excluding ortho intramolecular Hbond substituents is 2. The molecule has 216 valence electrons. The number of nitrogens with one attached hydrogen (secondary N) is 1. The predicted octanol–water partition coefficient (Wildman–Crippen LogP) is 7.10. The third-order valence-corrected chi connectivity index (χ3v) is 9.21. The second kappa shape index (κ2) is 10.9. The Labute approximate surface area is 256 Å². The van der Waals surface area contributed by atoms with E-state index in [0.717, 1.165) is 19.3 Å². The van der Waals surface area contributed by atoms with Gasteiger partial charge in [-0.1, -0.05) is 73.1 Å². The number of amides is 1. The Hall–Kier alpha value is -2.68. The van der Waals surface area contributed by atoms with E-state index in [1.807, 2.05) is 0 Å². The van der Waals surface area contributed by atoms with Gasteiger partial charge in [-0.2, -0.15) is 0 Å². The van der Waals surface area contributed by atoms with Crippen molar-refractivity contribution in [2.24, 2.45) is 0 Å². The standard InChI is InChI=1S/C30H27Cl4NO6/c1-29(2)21-17(12-19(31)25(37)23(21)33)30(18-13-20(32)26(38)24(34)22(18)29)16-11-14(7-8-15(16)28(40)41-30)27(39)35-9-5-3-4-6-10-36/h7-8,11-13,36-38H,3-6,9-10H2,1-2H3,(H,35,39). The van der Waals surface area contributed by atoms with E-state index in [0.29, 0.717) is 40.8 Å². The van der Waals surface area contributed by atoms with Gasteiger partial charge in [0.25, 0.3) is 5.91 Å². The Bertz CT molecular complexity index is 1540. The number of aliphatic hydroxyl groups is 1. The molecule has 7 nitrogen and oxygen atoms in total. The first-order valence-electron chi connectivity index (χ1n) is 13.1. The predicted molar refractivity (Wildman–Crippen MR) is 158 cm³/mol. The van der Waals surface area contributed by atoms with Crippen molar-refractivity contribution in [3.8, 4) is 11.5 Å². The lowest BCUT2D eigenvalue weighted by atomic mass is 9.61. The summed E-state index contributed by atoms with van der Waals surface area (Å²) in [7, 11) is 0. The molecule has 0 radical (unpaired) electrons. The first kappa shape index (κ1) is 29.8. The minimum Gasteiger partial charge on any atom is -0.505 e. The van der Waals surface area contributed by atoms with Gasteiger partial charge in [0, 0.05) is 40.8 Å². The first-order chi connectivity index (χ1) is 19.4. The zero-order valence-electron chi connectivity index (χ0n) is 22.2. The summed E-state index contributed by atoms with van der Waals surface area (Å²) in [5, 5.41) is 33.0. The summed E-state index contributed by atoms with van der Waals surface area (Å²) in [5.74, 6) is -1.72. The van der Waals surface area contributed by atoms with E-state index in [9.17, 15) is 19.8 Å². The lowest BCUT2D eigenvalue weighted by Crippen LogP contribution is -2.42. The van der Waals surface area contributed by atoms with Crippen LogP contribution in [0.5, 0.6) is 11.5 Å². The molecule has 0 saturated carbocycles. The molecule has 1 heterocycles. The molecule has 1 aliphatic carbocycles. The summed E-state index contributed by atoms with van der Waals surface area (Å²) in [6.45, 7) is 4.19. The van der Waals surface area contributed by atoms with Crippen molar-refractivity contribution in [1.29, 1.82) is 0 Å². The minimum atomic E-state index is -1.70. The average Bonchev–Trinajstić information content (AvgIpc) is 3.22. The monoisotopic (exact) mass is 637 g/mol. The number of carbonyl (C=O) groups excluding carboxylic acids is 2. The van der Waals surface area contributed by atoms with Crippen LogP contribution in [-0.4, -0.2) is 40.3 Å². The number of aliphatic hydroxyl groups excluding tert-OH is 1. The Kier molecular flexibility index (Phi) is 7.90. The van der Waals surface area contributed by atoms with E-state index in [-0.39, 0.29) is 55.2 Å². The fraction of sp³-hybridized carbons (Fsp3) is 0.333. The van der Waals surface area contributed by atoms with Crippen LogP contribution in [0.2, 0.25) is 20.1 Å². The second-order valence-electron chi connectivity index (χ2n) is 10.7. The van der Waals surface area contributed by atoms with Crippen molar-refractivity contribution in [2.75, 3.05) is 13.2 Å². The van der Waals surface area contributed by atoms with Crippen LogP contribution in [0.25, 0.3) is 0 Å². The van der Waals surface area contributed by atoms with Crippen LogP contribution in [0.1, 0.15) is 88.1 Å². The zero-order chi connectivity index (χ0) is 29.9. The summed E-state index contributed by atoms with van der Waals surface area (Å²) in [5.41, 5.74) is -0.371. The van der Waals surface area contributed by atoms with Crippen molar-refractivity contribution in [2.45, 2.75) is 50.5 Å². The number of carbonyl (C=O) groups is 2. The fourth-order valence-electron chi connectivity index (χ4n) is 5.96. The van der Waals surface area contributed by atoms with Crippen LogP contribution in [0.15, 0.2) is 30.3 Å². The number of unbranched alkanes of at least 4 members (excludes halogenated alkanes) is 3. The van der Waals surface area contributed by atoms with Crippen LogP contribution >= 0.6 is 46.4 Å². The van der Waals surface area contributed by atoms with Crippen LogP contribution in [0, 0.1) is 0 Å². The number of esters is 1. The summed E-state index contributed by atoms with van der Waals surface area (Å²) in [4.78, 5) is 26.6. The maximum atomic E-state index is 13.4. The van der Waals surface area contributed by atoms with E-state index < -0.39 is 17.0 Å². The van der Waals surface area contributed by atoms with Crippen molar-refractivity contribution < 1.29 is 29.6 Å². The summed E-state index contributed by atoms with van der Waals surface area (Å²) < 4.78 is 6.19. The molecule has 3 aromatic carbocycles. The van der Waals surface area contributed by atoms with Crippen molar-refractivity contribution in [3.05, 3.63) is 89.4 Å². The van der Waals surface area contributed by atoms with Crippen LogP contribution < -0.4 is 5.32 Å². The lowest BCUT2D eigenvalue weighted by molar-refractivity contribution is 0.0231. The molecular formula is C30H27Cl4NO6. The second-order valence-corrected chi connectivity index (χ2v) is 12.3. The molecule has 1 spiro atoms. The normalized spacial score (nSPS) is 15.7. The average molecular weight is 639 g/mol. The third kappa shape index (κ3) is 4.54. The number of phenols is 2. The zero-order valence-corrected chi connectivity index (χ0v) is 25.2. The largest absolute Gasteiger partial charge is 0.505 e. The van der Waals surface area contributed by atoms with Crippen molar-refractivity contribution in [1.82, 2.24) is 5.32 Å². The first-order valence-corrected chi connectivity index (χ1v) is 14.6. The van der Waals surface area contributed by atoms with E-state index in [1.54, 1.807) is 26.0 Å². The summed E-state index contributed by atoms with van der Waals surface area (Å²) in [6.07, 6.45) is 3.19.